The fourth-order valence-electron chi connectivity index (χ4n) is 2.07. The van der Waals surface area contributed by atoms with E-state index >= 15 is 0 Å². The SMILES string of the molecule is CCc1nn(CC)c(CC(O)c2cnc(C)cn2)c1Cl. The minimum absolute atomic E-state index is 0.386. The van der Waals surface area contributed by atoms with Gasteiger partial charge in [0, 0.05) is 19.2 Å². The van der Waals surface area contributed by atoms with E-state index in [1.165, 1.54) is 0 Å². The Balaban J connectivity index is 2.25. The Morgan fingerprint density at radius 3 is 2.60 bits per heavy atom. The van der Waals surface area contributed by atoms with E-state index in [-0.39, 0.29) is 0 Å². The quantitative estimate of drug-likeness (QED) is 0.920. The molecule has 0 bridgehead atoms. The summed E-state index contributed by atoms with van der Waals surface area (Å²) in [7, 11) is 0. The summed E-state index contributed by atoms with van der Waals surface area (Å²) < 4.78 is 1.84. The van der Waals surface area contributed by atoms with Crippen LogP contribution in [-0.4, -0.2) is 24.9 Å². The van der Waals surface area contributed by atoms with Crippen molar-refractivity contribution in [3.05, 3.63) is 40.2 Å². The molecule has 0 aromatic carbocycles. The topological polar surface area (TPSA) is 63.8 Å². The van der Waals surface area contributed by atoms with Crippen molar-refractivity contribution in [2.75, 3.05) is 0 Å². The van der Waals surface area contributed by atoms with Gasteiger partial charge < -0.3 is 5.11 Å². The molecule has 0 radical (unpaired) electrons. The molecule has 0 fully saturated rings. The van der Waals surface area contributed by atoms with E-state index in [0.717, 1.165) is 30.0 Å². The molecule has 2 rings (SSSR count). The van der Waals surface area contributed by atoms with Gasteiger partial charge in [-0.3, -0.25) is 14.6 Å². The van der Waals surface area contributed by atoms with Crippen LogP contribution in [0.1, 0.15) is 42.7 Å². The summed E-state index contributed by atoms with van der Waals surface area (Å²) in [4.78, 5) is 8.35. The van der Waals surface area contributed by atoms with E-state index in [1.54, 1.807) is 12.4 Å². The maximum atomic E-state index is 10.3. The fourth-order valence-corrected chi connectivity index (χ4v) is 2.42. The Bertz CT molecular complexity index is 580. The highest BCUT2D eigenvalue weighted by Crippen LogP contribution is 2.26. The second kappa shape index (κ2) is 6.33. The van der Waals surface area contributed by atoms with Crippen molar-refractivity contribution in [1.29, 1.82) is 0 Å². The van der Waals surface area contributed by atoms with Gasteiger partial charge in [0.25, 0.3) is 0 Å². The molecule has 0 spiro atoms. The zero-order valence-electron chi connectivity index (χ0n) is 12.0. The summed E-state index contributed by atoms with van der Waals surface area (Å²) in [6, 6.07) is 0. The van der Waals surface area contributed by atoms with Gasteiger partial charge in [-0.15, -0.1) is 0 Å². The van der Waals surface area contributed by atoms with E-state index < -0.39 is 6.10 Å². The van der Waals surface area contributed by atoms with Crippen LogP contribution in [0.3, 0.4) is 0 Å². The van der Waals surface area contributed by atoms with Crippen molar-refractivity contribution < 1.29 is 5.11 Å². The lowest BCUT2D eigenvalue weighted by Crippen LogP contribution is -2.10. The van der Waals surface area contributed by atoms with Crippen LogP contribution < -0.4 is 0 Å². The second-order valence-corrected chi connectivity index (χ2v) is 5.06. The monoisotopic (exact) mass is 294 g/mol. The first kappa shape index (κ1) is 14.9. The molecule has 1 unspecified atom stereocenters. The maximum absolute atomic E-state index is 10.3. The lowest BCUT2D eigenvalue weighted by Gasteiger charge is -2.11. The van der Waals surface area contributed by atoms with Crippen molar-refractivity contribution in [3.63, 3.8) is 0 Å². The molecular weight excluding hydrogens is 276 g/mol. The highest BCUT2D eigenvalue weighted by molar-refractivity contribution is 6.31. The van der Waals surface area contributed by atoms with E-state index in [0.29, 0.717) is 17.1 Å². The van der Waals surface area contributed by atoms with Gasteiger partial charge in [0.2, 0.25) is 0 Å². The van der Waals surface area contributed by atoms with Crippen LogP contribution in [0.5, 0.6) is 0 Å². The minimum Gasteiger partial charge on any atom is -0.386 e. The van der Waals surface area contributed by atoms with E-state index in [1.807, 2.05) is 25.5 Å². The molecule has 2 aromatic heterocycles. The van der Waals surface area contributed by atoms with Gasteiger partial charge in [0.05, 0.1) is 34.0 Å². The molecule has 0 aliphatic carbocycles. The Kier molecular flexibility index (Phi) is 4.73. The van der Waals surface area contributed by atoms with Crippen LogP contribution in [-0.2, 0) is 19.4 Å². The number of rotatable bonds is 5. The first-order chi connectivity index (χ1) is 9.56. The van der Waals surface area contributed by atoms with E-state index in [2.05, 4.69) is 15.1 Å². The van der Waals surface area contributed by atoms with Gasteiger partial charge in [-0.05, 0) is 20.3 Å². The van der Waals surface area contributed by atoms with Crippen LogP contribution in [0.4, 0.5) is 0 Å². The third-order valence-corrected chi connectivity index (χ3v) is 3.66. The average Bonchev–Trinajstić information content (AvgIpc) is 2.76. The molecular formula is C14H19ClN4O. The number of nitrogens with zero attached hydrogens (tertiary/aromatic N) is 4. The maximum Gasteiger partial charge on any atom is 0.103 e. The molecule has 0 amide bonds. The Morgan fingerprint density at radius 1 is 1.30 bits per heavy atom. The number of aryl methyl sites for hydroxylation is 3. The lowest BCUT2D eigenvalue weighted by atomic mass is 10.1. The van der Waals surface area contributed by atoms with Gasteiger partial charge in [-0.1, -0.05) is 18.5 Å². The van der Waals surface area contributed by atoms with Gasteiger partial charge >= 0.3 is 0 Å². The number of halogens is 1. The molecule has 0 aliphatic rings. The van der Waals surface area contributed by atoms with Crippen molar-refractivity contribution in [1.82, 2.24) is 19.7 Å². The summed E-state index contributed by atoms with van der Waals surface area (Å²) in [5, 5.41) is 15.4. The Morgan fingerprint density at radius 2 is 2.05 bits per heavy atom. The fraction of sp³-hybridized carbons (Fsp3) is 0.500. The predicted molar refractivity (Wildman–Crippen MR) is 77.7 cm³/mol. The molecule has 5 nitrogen and oxygen atoms in total. The van der Waals surface area contributed by atoms with E-state index in [4.69, 9.17) is 11.6 Å². The summed E-state index contributed by atoms with van der Waals surface area (Å²) in [5.74, 6) is 0. The smallest absolute Gasteiger partial charge is 0.103 e. The summed E-state index contributed by atoms with van der Waals surface area (Å²) in [5.41, 5.74) is 3.09. The van der Waals surface area contributed by atoms with Crippen LogP contribution in [0.2, 0.25) is 5.02 Å². The normalized spacial score (nSPS) is 12.7. The zero-order chi connectivity index (χ0) is 14.7. The van der Waals surface area contributed by atoms with Gasteiger partial charge in [0.15, 0.2) is 0 Å². The molecule has 0 saturated carbocycles. The summed E-state index contributed by atoms with van der Waals surface area (Å²) in [6.07, 6.45) is 3.68. The van der Waals surface area contributed by atoms with Crippen LogP contribution in [0.15, 0.2) is 12.4 Å². The number of aliphatic hydroxyl groups excluding tert-OH is 1. The largest absolute Gasteiger partial charge is 0.386 e. The standard InChI is InChI=1S/C14H19ClN4O/c1-4-10-14(15)12(19(5-2)18-10)6-13(20)11-8-16-9(3)7-17-11/h7-8,13,20H,4-6H2,1-3H3. The highest BCUT2D eigenvalue weighted by Gasteiger charge is 2.19. The summed E-state index contributed by atoms with van der Waals surface area (Å²) >= 11 is 6.33. The molecule has 0 saturated heterocycles. The lowest BCUT2D eigenvalue weighted by molar-refractivity contribution is 0.170. The van der Waals surface area contributed by atoms with Gasteiger partial charge in [-0.2, -0.15) is 5.10 Å². The van der Waals surface area contributed by atoms with Crippen molar-refractivity contribution in [3.8, 4) is 0 Å². The highest BCUT2D eigenvalue weighted by atomic mass is 35.5. The van der Waals surface area contributed by atoms with Crippen molar-refractivity contribution in [2.24, 2.45) is 0 Å². The minimum atomic E-state index is -0.729. The Labute approximate surface area is 123 Å². The van der Waals surface area contributed by atoms with Crippen molar-refractivity contribution >= 4 is 11.6 Å². The van der Waals surface area contributed by atoms with Gasteiger partial charge in [0.1, 0.15) is 6.10 Å². The van der Waals surface area contributed by atoms with Crippen molar-refractivity contribution in [2.45, 2.75) is 46.3 Å². The number of hydrogen-bond acceptors (Lipinski definition) is 4. The molecule has 2 aromatic rings. The molecule has 0 aliphatic heterocycles. The van der Waals surface area contributed by atoms with Gasteiger partial charge in [-0.25, -0.2) is 0 Å². The Hall–Kier alpha value is -1.46. The number of aromatic nitrogens is 4. The zero-order valence-corrected chi connectivity index (χ0v) is 12.7. The van der Waals surface area contributed by atoms with Crippen LogP contribution in [0, 0.1) is 6.92 Å². The second-order valence-electron chi connectivity index (χ2n) is 4.68. The first-order valence-electron chi connectivity index (χ1n) is 6.77. The third-order valence-electron chi connectivity index (χ3n) is 3.22. The molecule has 2 heterocycles. The summed E-state index contributed by atoms with van der Waals surface area (Å²) in [6.45, 7) is 6.60. The number of aliphatic hydroxyl groups is 1. The average molecular weight is 295 g/mol. The number of hydrogen-bond donors (Lipinski definition) is 1. The first-order valence-corrected chi connectivity index (χ1v) is 7.15. The third kappa shape index (κ3) is 2.99. The van der Waals surface area contributed by atoms with Crippen LogP contribution in [0.25, 0.3) is 0 Å². The molecule has 20 heavy (non-hydrogen) atoms. The molecule has 1 N–H and O–H groups in total. The molecule has 1 atom stereocenters. The van der Waals surface area contributed by atoms with E-state index in [9.17, 15) is 5.11 Å². The predicted octanol–water partition coefficient (Wildman–Crippen LogP) is 2.49. The molecule has 108 valence electrons. The van der Waals surface area contributed by atoms with Crippen LogP contribution >= 0.6 is 11.6 Å². The molecule has 6 heteroatoms.